The maximum absolute atomic E-state index is 12.9. The number of benzene rings is 2. The van der Waals surface area contributed by atoms with Crippen LogP contribution in [-0.2, 0) is 31.0 Å². The highest BCUT2D eigenvalue weighted by Crippen LogP contribution is 2.23. The average Bonchev–Trinajstić information content (AvgIpc) is 2.83. The molecule has 7 heteroatoms. The molecule has 1 amide bonds. The summed E-state index contributed by atoms with van der Waals surface area (Å²) in [6.07, 6.45) is 2.74. The van der Waals surface area contributed by atoms with E-state index in [1.165, 1.54) is 28.8 Å². The smallest absolute Gasteiger partial charge is 0.331 e. The Morgan fingerprint density at radius 3 is 2.26 bits per heavy atom. The molecule has 2 unspecified atom stereocenters. The second kappa shape index (κ2) is 11.3. The average molecular weight is 475 g/mol. The van der Waals surface area contributed by atoms with E-state index in [0.29, 0.717) is 24.9 Å². The van der Waals surface area contributed by atoms with Crippen LogP contribution in [0.3, 0.4) is 0 Å². The summed E-state index contributed by atoms with van der Waals surface area (Å²) < 4.78 is 2.43. The van der Waals surface area contributed by atoms with Crippen LogP contribution >= 0.6 is 0 Å². The normalized spacial score (nSPS) is 18.3. The van der Waals surface area contributed by atoms with Crippen LogP contribution in [0.5, 0.6) is 0 Å². The Hall–Kier alpha value is -3.45. The summed E-state index contributed by atoms with van der Waals surface area (Å²) in [6.45, 7) is 7.99. The summed E-state index contributed by atoms with van der Waals surface area (Å²) in [5, 5.41) is 2.90. The van der Waals surface area contributed by atoms with Gasteiger partial charge in [-0.2, -0.15) is 0 Å². The summed E-state index contributed by atoms with van der Waals surface area (Å²) >= 11 is 0. The molecule has 2 heterocycles. The number of rotatable bonds is 8. The number of aromatic nitrogens is 2. The molecule has 1 aliphatic rings. The van der Waals surface area contributed by atoms with Gasteiger partial charge in [-0.3, -0.25) is 23.6 Å². The molecule has 4 rings (SSSR count). The summed E-state index contributed by atoms with van der Waals surface area (Å²) in [5.41, 5.74) is 2.21. The van der Waals surface area contributed by atoms with E-state index in [1.807, 2.05) is 48.5 Å². The fourth-order valence-corrected chi connectivity index (χ4v) is 5.04. The Labute approximate surface area is 206 Å². The molecule has 0 aliphatic carbocycles. The molecule has 1 N–H and O–H groups in total. The van der Waals surface area contributed by atoms with Crippen LogP contribution in [0.15, 0.2) is 76.4 Å². The third kappa shape index (κ3) is 6.57. The maximum atomic E-state index is 12.9. The van der Waals surface area contributed by atoms with E-state index in [0.717, 1.165) is 35.3 Å². The molecule has 1 aliphatic heterocycles. The van der Waals surface area contributed by atoms with Gasteiger partial charge in [0.15, 0.2) is 0 Å². The summed E-state index contributed by atoms with van der Waals surface area (Å²) in [5.74, 6) is 0.998. The number of hydrogen-bond acceptors (Lipinski definition) is 4. The Bertz CT molecular complexity index is 1250. The quantitative estimate of drug-likeness (QED) is 0.545. The van der Waals surface area contributed by atoms with Gasteiger partial charge in [-0.1, -0.05) is 68.4 Å². The predicted octanol–water partition coefficient (Wildman–Crippen LogP) is 2.85. The fourth-order valence-electron chi connectivity index (χ4n) is 5.04. The predicted molar refractivity (Wildman–Crippen MR) is 137 cm³/mol. The number of amides is 1. The number of nitrogens with zero attached hydrogens (tertiary/aromatic N) is 3. The monoisotopic (exact) mass is 474 g/mol. The molecular weight excluding hydrogens is 440 g/mol. The van der Waals surface area contributed by atoms with Crippen molar-refractivity contribution in [1.29, 1.82) is 0 Å². The zero-order chi connectivity index (χ0) is 24.8. The molecule has 1 aromatic heterocycles. The topological polar surface area (TPSA) is 76.3 Å². The first-order valence-corrected chi connectivity index (χ1v) is 12.3. The van der Waals surface area contributed by atoms with Gasteiger partial charge in [0, 0.05) is 38.4 Å². The van der Waals surface area contributed by atoms with Crippen LogP contribution in [0, 0.1) is 11.8 Å². The van der Waals surface area contributed by atoms with Crippen molar-refractivity contribution < 1.29 is 4.79 Å². The Kier molecular flexibility index (Phi) is 7.98. The van der Waals surface area contributed by atoms with Crippen molar-refractivity contribution in [3.05, 3.63) is 104 Å². The highest BCUT2D eigenvalue weighted by atomic mass is 16.2. The van der Waals surface area contributed by atoms with Crippen LogP contribution < -0.4 is 16.6 Å². The maximum Gasteiger partial charge on any atom is 0.331 e. The first-order valence-electron chi connectivity index (χ1n) is 12.3. The van der Waals surface area contributed by atoms with E-state index in [4.69, 9.17) is 0 Å². The molecule has 7 nitrogen and oxygen atoms in total. The minimum atomic E-state index is -0.495. The fraction of sp³-hybridized carbons (Fsp3) is 0.393. The first kappa shape index (κ1) is 24.7. The van der Waals surface area contributed by atoms with Crippen LogP contribution in [0.1, 0.15) is 37.0 Å². The van der Waals surface area contributed by atoms with Gasteiger partial charge in [-0.15, -0.1) is 0 Å². The minimum Gasteiger partial charge on any atom is -0.350 e. The molecule has 3 aromatic rings. The lowest BCUT2D eigenvalue weighted by Crippen LogP contribution is -2.43. The van der Waals surface area contributed by atoms with Gasteiger partial charge < -0.3 is 5.32 Å². The van der Waals surface area contributed by atoms with Crippen molar-refractivity contribution in [3.63, 3.8) is 0 Å². The SMILES string of the molecule is CC1CC(C)CN(Cc2ccccc2CNC(=O)Cn2c(=O)ccn(Cc3ccccc3)c2=O)C1. The number of carbonyl (C=O) groups excluding carboxylic acids is 1. The molecule has 0 radical (unpaired) electrons. The molecule has 184 valence electrons. The lowest BCUT2D eigenvalue weighted by molar-refractivity contribution is -0.121. The van der Waals surface area contributed by atoms with E-state index >= 15 is 0 Å². The number of nitrogens with one attached hydrogen (secondary N) is 1. The van der Waals surface area contributed by atoms with Crippen LogP contribution in [0.25, 0.3) is 0 Å². The van der Waals surface area contributed by atoms with Gasteiger partial charge in [0.05, 0.1) is 6.54 Å². The Morgan fingerprint density at radius 2 is 1.54 bits per heavy atom. The molecule has 1 fully saturated rings. The highest BCUT2D eigenvalue weighted by molar-refractivity contribution is 5.75. The van der Waals surface area contributed by atoms with Gasteiger partial charge in [0.1, 0.15) is 6.54 Å². The minimum absolute atomic E-state index is 0.309. The summed E-state index contributed by atoms with van der Waals surface area (Å²) in [7, 11) is 0. The third-order valence-corrected chi connectivity index (χ3v) is 6.57. The molecule has 2 aromatic carbocycles. The Balaban J connectivity index is 1.41. The second-order valence-corrected chi connectivity index (χ2v) is 9.82. The lowest BCUT2D eigenvalue weighted by atomic mass is 9.91. The van der Waals surface area contributed by atoms with Crippen LogP contribution in [-0.4, -0.2) is 33.0 Å². The van der Waals surface area contributed by atoms with Crippen molar-refractivity contribution in [1.82, 2.24) is 19.4 Å². The van der Waals surface area contributed by atoms with Crippen molar-refractivity contribution in [2.24, 2.45) is 11.8 Å². The van der Waals surface area contributed by atoms with Crippen molar-refractivity contribution in [2.45, 2.75) is 46.4 Å². The zero-order valence-corrected chi connectivity index (χ0v) is 20.5. The van der Waals surface area contributed by atoms with E-state index < -0.39 is 11.2 Å². The van der Waals surface area contributed by atoms with Crippen molar-refractivity contribution >= 4 is 5.91 Å². The highest BCUT2D eigenvalue weighted by Gasteiger charge is 2.22. The van der Waals surface area contributed by atoms with Gasteiger partial charge in [-0.25, -0.2) is 4.79 Å². The molecule has 2 atom stereocenters. The van der Waals surface area contributed by atoms with Crippen molar-refractivity contribution in [2.75, 3.05) is 13.1 Å². The van der Waals surface area contributed by atoms with Gasteiger partial charge >= 0.3 is 5.69 Å². The molecule has 0 spiro atoms. The molecule has 0 bridgehead atoms. The standard InChI is InChI=1S/C28H34N4O3/c1-21-14-22(2)17-30(16-21)19-25-11-7-6-10-24(25)15-29-26(33)20-32-27(34)12-13-31(28(32)35)18-23-8-4-3-5-9-23/h3-13,21-22H,14-20H2,1-2H3,(H,29,33). The molecule has 1 saturated heterocycles. The Morgan fingerprint density at radius 1 is 0.886 bits per heavy atom. The van der Waals surface area contributed by atoms with E-state index in [1.54, 1.807) is 0 Å². The lowest BCUT2D eigenvalue weighted by Gasteiger charge is -2.35. The van der Waals surface area contributed by atoms with Gasteiger partial charge in [0.25, 0.3) is 5.56 Å². The second-order valence-electron chi connectivity index (χ2n) is 9.82. The van der Waals surface area contributed by atoms with E-state index in [9.17, 15) is 14.4 Å². The number of hydrogen-bond donors (Lipinski definition) is 1. The zero-order valence-electron chi connectivity index (χ0n) is 20.5. The number of carbonyl (C=O) groups is 1. The largest absolute Gasteiger partial charge is 0.350 e. The number of likely N-dealkylation sites (tertiary alicyclic amines) is 1. The van der Waals surface area contributed by atoms with Gasteiger partial charge in [0.2, 0.25) is 5.91 Å². The first-order chi connectivity index (χ1) is 16.9. The summed E-state index contributed by atoms with van der Waals surface area (Å²) in [6, 6.07) is 19.0. The van der Waals surface area contributed by atoms with Crippen molar-refractivity contribution in [3.8, 4) is 0 Å². The van der Waals surface area contributed by atoms with E-state index in [-0.39, 0.29) is 12.5 Å². The van der Waals surface area contributed by atoms with Gasteiger partial charge in [-0.05, 0) is 34.9 Å². The molecule has 35 heavy (non-hydrogen) atoms. The summed E-state index contributed by atoms with van der Waals surface area (Å²) in [4.78, 5) is 40.4. The number of piperidine rings is 1. The third-order valence-electron chi connectivity index (χ3n) is 6.57. The molecular formula is C28H34N4O3. The molecule has 0 saturated carbocycles. The van der Waals surface area contributed by atoms with Crippen LogP contribution in [0.2, 0.25) is 0 Å². The van der Waals surface area contributed by atoms with Crippen LogP contribution in [0.4, 0.5) is 0 Å². The van der Waals surface area contributed by atoms with E-state index in [2.05, 4.69) is 30.1 Å².